The molecule has 2 aliphatic heterocycles. The van der Waals surface area contributed by atoms with Gasteiger partial charge >= 0.3 is 0 Å². The molecule has 1 aromatic rings. The number of methoxy groups -OCH3 is 1. The molecule has 0 saturated heterocycles. The van der Waals surface area contributed by atoms with Gasteiger partial charge in [0.25, 0.3) is 11.8 Å². The predicted octanol–water partition coefficient (Wildman–Crippen LogP) is 2.18. The maximum atomic E-state index is 12.5. The minimum Gasteiger partial charge on any atom is -0.493 e. The lowest BCUT2D eigenvalue weighted by atomic mass is 10.1. The maximum Gasteiger partial charge on any atom is 0.256 e. The third kappa shape index (κ3) is 3.13. The van der Waals surface area contributed by atoms with Gasteiger partial charge in [-0.15, -0.1) is 0 Å². The van der Waals surface area contributed by atoms with Gasteiger partial charge in [-0.3, -0.25) is 14.5 Å². The predicted molar refractivity (Wildman–Crippen MR) is 88.1 cm³/mol. The highest BCUT2D eigenvalue weighted by molar-refractivity contribution is 6.09. The fraction of sp³-hybridized carbons (Fsp3) is 0.333. The van der Waals surface area contributed by atoms with Crippen LogP contribution in [0, 0.1) is 0 Å². The molecule has 24 heavy (non-hydrogen) atoms. The van der Waals surface area contributed by atoms with Crippen molar-refractivity contribution in [2.24, 2.45) is 0 Å². The Morgan fingerprint density at radius 3 is 2.83 bits per heavy atom. The van der Waals surface area contributed by atoms with Crippen molar-refractivity contribution in [2.45, 2.75) is 13.3 Å². The Labute approximate surface area is 140 Å². The molecule has 0 spiro atoms. The first-order chi connectivity index (χ1) is 11.6. The van der Waals surface area contributed by atoms with Gasteiger partial charge in [0.1, 0.15) is 13.2 Å². The number of carbonyl (C=O) groups excluding carboxylic acids is 2. The van der Waals surface area contributed by atoms with Crippen LogP contribution in [0.15, 0.2) is 29.9 Å². The third-order valence-electron chi connectivity index (χ3n) is 3.86. The van der Waals surface area contributed by atoms with Crippen LogP contribution in [0.3, 0.4) is 0 Å². The molecular formula is C18H19NO5. The molecule has 2 heterocycles. The molecule has 0 atom stereocenters. The molecule has 1 aromatic carbocycles. The smallest absolute Gasteiger partial charge is 0.256 e. The first kappa shape index (κ1) is 16.1. The molecule has 0 aliphatic carbocycles. The van der Waals surface area contributed by atoms with Gasteiger partial charge in [0.05, 0.1) is 7.11 Å². The fourth-order valence-corrected chi connectivity index (χ4v) is 2.69. The standard InChI is InChI=1S/C18H19NO5/c1-12(18(21)19-6-4-3-5-16(19)20)9-13-10-14(22-2)17-15(11-13)23-7-8-24-17/h3,5,9-11H,4,6-8H2,1-2H3/b12-9+. The molecule has 0 saturated carbocycles. The van der Waals surface area contributed by atoms with E-state index in [1.165, 1.54) is 11.0 Å². The van der Waals surface area contributed by atoms with Crippen LogP contribution in [0.1, 0.15) is 18.9 Å². The summed E-state index contributed by atoms with van der Waals surface area (Å²) in [6.07, 6.45) is 5.61. The molecular weight excluding hydrogens is 310 g/mol. The molecule has 0 radical (unpaired) electrons. The second-order valence-electron chi connectivity index (χ2n) is 5.56. The third-order valence-corrected chi connectivity index (χ3v) is 3.86. The Kier molecular flexibility index (Phi) is 4.55. The fourth-order valence-electron chi connectivity index (χ4n) is 2.69. The minimum absolute atomic E-state index is 0.279. The Morgan fingerprint density at radius 1 is 1.29 bits per heavy atom. The van der Waals surface area contributed by atoms with E-state index in [2.05, 4.69) is 0 Å². The van der Waals surface area contributed by atoms with Gasteiger partial charge in [-0.25, -0.2) is 0 Å². The van der Waals surface area contributed by atoms with Gasteiger partial charge in [0.15, 0.2) is 11.5 Å². The van der Waals surface area contributed by atoms with E-state index < -0.39 is 0 Å². The van der Waals surface area contributed by atoms with Gasteiger partial charge in [0, 0.05) is 12.1 Å². The molecule has 0 unspecified atom stereocenters. The number of amides is 2. The topological polar surface area (TPSA) is 65.1 Å². The average Bonchev–Trinajstić information content (AvgIpc) is 2.60. The van der Waals surface area contributed by atoms with E-state index in [-0.39, 0.29) is 11.8 Å². The number of carbonyl (C=O) groups is 2. The summed E-state index contributed by atoms with van der Waals surface area (Å²) in [5.41, 5.74) is 1.22. The summed E-state index contributed by atoms with van der Waals surface area (Å²) in [6.45, 7) is 3.04. The number of imide groups is 1. The second kappa shape index (κ2) is 6.78. The van der Waals surface area contributed by atoms with Crippen molar-refractivity contribution in [1.29, 1.82) is 0 Å². The summed E-state index contributed by atoms with van der Waals surface area (Å²) >= 11 is 0. The van der Waals surface area contributed by atoms with Crippen molar-refractivity contribution < 1.29 is 23.8 Å². The Morgan fingerprint density at radius 2 is 2.08 bits per heavy atom. The molecule has 6 nitrogen and oxygen atoms in total. The SMILES string of the molecule is COc1cc(/C=C(\C)C(=O)N2CCC=CC2=O)cc2c1OCCO2. The van der Waals surface area contributed by atoms with E-state index in [4.69, 9.17) is 14.2 Å². The molecule has 0 fully saturated rings. The van der Waals surface area contributed by atoms with E-state index in [0.29, 0.717) is 49.0 Å². The van der Waals surface area contributed by atoms with Crippen molar-refractivity contribution in [3.8, 4) is 17.2 Å². The van der Waals surface area contributed by atoms with E-state index in [9.17, 15) is 9.59 Å². The number of fused-ring (bicyclic) bond motifs is 1. The van der Waals surface area contributed by atoms with Crippen molar-refractivity contribution in [2.75, 3.05) is 26.9 Å². The van der Waals surface area contributed by atoms with Gasteiger partial charge in [-0.2, -0.15) is 0 Å². The lowest BCUT2D eigenvalue weighted by Crippen LogP contribution is -2.38. The van der Waals surface area contributed by atoms with Crippen molar-refractivity contribution >= 4 is 17.9 Å². The zero-order chi connectivity index (χ0) is 17.1. The van der Waals surface area contributed by atoms with Crippen LogP contribution in [0.4, 0.5) is 0 Å². The van der Waals surface area contributed by atoms with Crippen LogP contribution in [-0.2, 0) is 9.59 Å². The van der Waals surface area contributed by atoms with Crippen LogP contribution < -0.4 is 14.2 Å². The summed E-state index contributed by atoms with van der Waals surface area (Å²) in [5.74, 6) is 1.14. The Balaban J connectivity index is 1.88. The Bertz CT molecular complexity index is 718. The van der Waals surface area contributed by atoms with Crippen LogP contribution in [0.5, 0.6) is 17.2 Å². The number of ether oxygens (including phenoxy) is 3. The van der Waals surface area contributed by atoms with E-state index >= 15 is 0 Å². The number of benzene rings is 1. The summed E-state index contributed by atoms with van der Waals surface area (Å²) < 4.78 is 16.5. The minimum atomic E-state index is -0.293. The molecule has 2 amide bonds. The largest absolute Gasteiger partial charge is 0.493 e. The number of rotatable bonds is 3. The van der Waals surface area contributed by atoms with E-state index in [1.807, 2.05) is 0 Å². The highest BCUT2D eigenvalue weighted by Gasteiger charge is 2.23. The monoisotopic (exact) mass is 329 g/mol. The normalized spacial score (nSPS) is 17.0. The maximum absolute atomic E-state index is 12.5. The summed E-state index contributed by atoms with van der Waals surface area (Å²) in [7, 11) is 1.55. The molecule has 0 aromatic heterocycles. The lowest BCUT2D eigenvalue weighted by Gasteiger charge is -2.22. The van der Waals surface area contributed by atoms with E-state index in [0.717, 1.165) is 5.56 Å². The first-order valence-electron chi connectivity index (χ1n) is 7.78. The summed E-state index contributed by atoms with van der Waals surface area (Å²) in [5, 5.41) is 0. The summed E-state index contributed by atoms with van der Waals surface area (Å²) in [4.78, 5) is 25.5. The zero-order valence-electron chi connectivity index (χ0n) is 13.7. The molecule has 0 N–H and O–H groups in total. The molecule has 126 valence electrons. The van der Waals surface area contributed by atoms with Crippen LogP contribution in [0.25, 0.3) is 6.08 Å². The highest BCUT2D eigenvalue weighted by Crippen LogP contribution is 2.40. The van der Waals surface area contributed by atoms with Crippen molar-refractivity contribution in [1.82, 2.24) is 4.90 Å². The molecule has 2 aliphatic rings. The number of hydrogen-bond acceptors (Lipinski definition) is 5. The number of nitrogens with zero attached hydrogens (tertiary/aromatic N) is 1. The van der Waals surface area contributed by atoms with Gasteiger partial charge < -0.3 is 14.2 Å². The van der Waals surface area contributed by atoms with Crippen LogP contribution in [-0.4, -0.2) is 43.6 Å². The second-order valence-corrected chi connectivity index (χ2v) is 5.56. The van der Waals surface area contributed by atoms with Crippen LogP contribution in [0.2, 0.25) is 0 Å². The lowest BCUT2D eigenvalue weighted by molar-refractivity contribution is -0.139. The van der Waals surface area contributed by atoms with Gasteiger partial charge in [-0.05, 0) is 43.2 Å². The van der Waals surface area contributed by atoms with Gasteiger partial charge in [-0.1, -0.05) is 6.08 Å². The highest BCUT2D eigenvalue weighted by atomic mass is 16.6. The zero-order valence-corrected chi connectivity index (χ0v) is 13.7. The van der Waals surface area contributed by atoms with Crippen molar-refractivity contribution in [3.63, 3.8) is 0 Å². The van der Waals surface area contributed by atoms with E-state index in [1.54, 1.807) is 38.3 Å². The molecule has 3 rings (SSSR count). The van der Waals surface area contributed by atoms with Crippen molar-refractivity contribution in [3.05, 3.63) is 35.4 Å². The average molecular weight is 329 g/mol. The quantitative estimate of drug-likeness (QED) is 0.795. The number of hydrogen-bond donors (Lipinski definition) is 0. The van der Waals surface area contributed by atoms with Gasteiger partial charge in [0.2, 0.25) is 5.75 Å². The molecule has 0 bridgehead atoms. The molecule has 6 heteroatoms. The van der Waals surface area contributed by atoms with Crippen LogP contribution >= 0.6 is 0 Å². The first-order valence-corrected chi connectivity index (χ1v) is 7.78. The summed E-state index contributed by atoms with van der Waals surface area (Å²) in [6, 6.07) is 3.58. The Hall–Kier alpha value is -2.76.